The first-order valence-corrected chi connectivity index (χ1v) is 7.12. The van der Waals surface area contributed by atoms with E-state index in [-0.39, 0.29) is 0 Å². The summed E-state index contributed by atoms with van der Waals surface area (Å²) in [6, 6.07) is 0. The van der Waals surface area contributed by atoms with Crippen molar-refractivity contribution in [1.82, 2.24) is 0 Å². The van der Waals surface area contributed by atoms with Crippen LogP contribution in [0.15, 0.2) is 0 Å². The highest BCUT2D eigenvalue weighted by Gasteiger charge is 3.06. The average molecular weight is 500 g/mol. The van der Waals surface area contributed by atoms with E-state index in [2.05, 4.69) is 0 Å². The normalized spacial score (nSPS) is 18.6. The van der Waals surface area contributed by atoms with Crippen molar-refractivity contribution in [3.05, 3.63) is 0 Å². The fourth-order valence-corrected chi connectivity index (χ4v) is 3.87. The van der Waals surface area contributed by atoms with E-state index in [0.29, 0.717) is 0 Å². The zero-order valence-corrected chi connectivity index (χ0v) is 12.9. The summed E-state index contributed by atoms with van der Waals surface area (Å²) in [6.45, 7) is 0. The Morgan fingerprint density at radius 2 is 0.690 bits per heavy atom. The average Bonchev–Trinajstić information content (AvgIpc) is 2.24. The van der Waals surface area contributed by atoms with Gasteiger partial charge in [-0.15, -0.1) is 0 Å². The van der Waals surface area contributed by atoms with Crippen LogP contribution in [0, 0.1) is 5.41 Å². The van der Waals surface area contributed by atoms with Crippen molar-refractivity contribution in [3.63, 3.8) is 0 Å². The Morgan fingerprint density at radius 1 is 0.448 bits per heavy atom. The van der Waals surface area contributed by atoms with Crippen molar-refractivity contribution in [3.8, 4) is 0 Å². The molecular formula is C8HF17O3S. The van der Waals surface area contributed by atoms with Crippen LogP contribution in [0.5, 0.6) is 0 Å². The maximum Gasteiger partial charge on any atom is 0.455 e. The summed E-state index contributed by atoms with van der Waals surface area (Å²) in [4.78, 5) is 0. The van der Waals surface area contributed by atoms with Crippen LogP contribution in [0.1, 0.15) is 0 Å². The van der Waals surface area contributed by atoms with E-state index >= 15 is 0 Å². The molecule has 0 aliphatic rings. The van der Waals surface area contributed by atoms with Crippen LogP contribution < -0.4 is 0 Å². The third kappa shape index (κ3) is 3.26. The number of hydrogen-bond acceptors (Lipinski definition) is 2. The number of alkyl halides is 17. The monoisotopic (exact) mass is 500 g/mol. The quantitative estimate of drug-likeness (QED) is 0.437. The molecule has 0 bridgehead atoms. The van der Waals surface area contributed by atoms with Crippen molar-refractivity contribution in [2.24, 2.45) is 5.41 Å². The smallest absolute Gasteiger partial charge is 0.285 e. The summed E-state index contributed by atoms with van der Waals surface area (Å²) in [5.41, 5.74) is -9.40. The SMILES string of the molecule is O=S(=O)(O)C(C(F)(F)F)(C(F)(F)C(F)(F)F)C(C(F)(F)F)(C(F)(F)F)C(F)(F)F. The molecule has 0 aromatic rings. The molecule has 1 unspecified atom stereocenters. The van der Waals surface area contributed by atoms with Gasteiger partial charge in [-0.2, -0.15) is 83.1 Å². The van der Waals surface area contributed by atoms with Gasteiger partial charge in [-0.25, -0.2) is 0 Å². The second kappa shape index (κ2) is 6.36. The van der Waals surface area contributed by atoms with E-state index < -0.39 is 57.1 Å². The predicted octanol–water partition coefficient (Wildman–Crippen LogP) is 5.05. The van der Waals surface area contributed by atoms with Crippen molar-refractivity contribution < 1.29 is 87.6 Å². The molecule has 0 amide bonds. The zero-order valence-electron chi connectivity index (χ0n) is 12.1. The Bertz CT molecular complexity index is 680. The maximum atomic E-state index is 13.4. The summed E-state index contributed by atoms with van der Waals surface area (Å²) in [7, 11) is -9.29. The van der Waals surface area contributed by atoms with Gasteiger partial charge in [-0.05, 0) is 0 Å². The molecule has 0 heterocycles. The van der Waals surface area contributed by atoms with Gasteiger partial charge in [0.25, 0.3) is 20.3 Å². The maximum absolute atomic E-state index is 13.4. The third-order valence-electron chi connectivity index (χ3n) is 3.39. The lowest BCUT2D eigenvalue weighted by molar-refractivity contribution is -0.484. The minimum Gasteiger partial charge on any atom is -0.285 e. The molecule has 0 fully saturated rings. The molecule has 1 N–H and O–H groups in total. The standard InChI is InChI=1S/C8HF17O3S/c9-3(10,8(23,24)25)2(7(20,21)22,29(26,27)28)1(4(11,12)13,5(14,15)16)6(17,18)19/h(H,26,27,28). The molecule has 29 heavy (non-hydrogen) atoms. The molecule has 3 nitrogen and oxygen atoms in total. The number of hydrogen-bond donors (Lipinski definition) is 1. The Hall–Kier alpha value is -1.28. The predicted molar refractivity (Wildman–Crippen MR) is 51.9 cm³/mol. The van der Waals surface area contributed by atoms with Crippen LogP contribution in [0.25, 0.3) is 0 Å². The van der Waals surface area contributed by atoms with Gasteiger partial charge in [0.1, 0.15) is 0 Å². The van der Waals surface area contributed by atoms with Gasteiger partial charge >= 0.3 is 36.8 Å². The molecular weight excluding hydrogens is 499 g/mol. The molecule has 0 aromatic carbocycles. The second-order valence-electron chi connectivity index (χ2n) is 4.97. The van der Waals surface area contributed by atoms with E-state index in [1.165, 1.54) is 0 Å². The summed E-state index contributed by atoms with van der Waals surface area (Å²) >= 11 is 0. The van der Waals surface area contributed by atoms with Gasteiger partial charge in [0.2, 0.25) is 0 Å². The highest BCUT2D eigenvalue weighted by atomic mass is 32.2. The molecule has 0 saturated carbocycles. The van der Waals surface area contributed by atoms with E-state index in [4.69, 9.17) is 4.55 Å². The zero-order chi connectivity index (χ0) is 24.5. The van der Waals surface area contributed by atoms with Crippen molar-refractivity contribution in [1.29, 1.82) is 0 Å². The molecule has 0 rings (SSSR count). The van der Waals surface area contributed by atoms with Crippen molar-refractivity contribution in [2.75, 3.05) is 0 Å². The molecule has 176 valence electrons. The summed E-state index contributed by atoms with van der Waals surface area (Å²) in [5, 5.41) is 0. The summed E-state index contributed by atoms with van der Waals surface area (Å²) in [5.74, 6) is -9.05. The molecule has 0 spiro atoms. The fourth-order valence-electron chi connectivity index (χ4n) is 2.41. The van der Waals surface area contributed by atoms with Gasteiger partial charge in [0, 0.05) is 0 Å². The molecule has 21 heteroatoms. The van der Waals surface area contributed by atoms with Crippen LogP contribution in [0.3, 0.4) is 0 Å². The van der Waals surface area contributed by atoms with Crippen LogP contribution in [-0.4, -0.2) is 54.5 Å². The third-order valence-corrected chi connectivity index (χ3v) is 4.96. The number of halogens is 17. The topological polar surface area (TPSA) is 54.4 Å². The lowest BCUT2D eigenvalue weighted by Crippen LogP contribution is -2.85. The molecule has 0 aromatic heterocycles. The van der Waals surface area contributed by atoms with Gasteiger partial charge in [-0.3, -0.25) is 4.55 Å². The Kier molecular flexibility index (Phi) is 6.08. The van der Waals surface area contributed by atoms with Gasteiger partial charge in [-0.1, -0.05) is 0 Å². The molecule has 0 radical (unpaired) electrons. The molecule has 0 aliphatic carbocycles. The Balaban J connectivity index is 8.71. The highest BCUT2D eigenvalue weighted by molar-refractivity contribution is 7.87. The van der Waals surface area contributed by atoms with Crippen LogP contribution in [-0.2, 0) is 10.1 Å². The van der Waals surface area contributed by atoms with E-state index in [1.807, 2.05) is 0 Å². The largest absolute Gasteiger partial charge is 0.455 e. The molecule has 0 saturated heterocycles. The lowest BCUT2D eigenvalue weighted by atomic mass is 9.68. The lowest BCUT2D eigenvalue weighted by Gasteiger charge is -2.52. The van der Waals surface area contributed by atoms with Gasteiger partial charge in [0.05, 0.1) is 0 Å². The summed E-state index contributed by atoms with van der Waals surface area (Å²) in [6.07, 6.45) is -44.0. The van der Waals surface area contributed by atoms with E-state index in [9.17, 15) is 83.1 Å². The molecule has 0 aliphatic heterocycles. The minimum atomic E-state index is -9.40. The van der Waals surface area contributed by atoms with Crippen LogP contribution in [0.2, 0.25) is 0 Å². The first-order chi connectivity index (χ1) is 12.0. The first-order valence-electron chi connectivity index (χ1n) is 5.68. The van der Waals surface area contributed by atoms with Crippen molar-refractivity contribution >= 4 is 10.1 Å². The van der Waals surface area contributed by atoms with Gasteiger partial charge in [0.15, 0.2) is 0 Å². The Labute approximate surface area is 146 Å². The fraction of sp³-hybridized carbons (Fsp3) is 1.00. The van der Waals surface area contributed by atoms with Crippen molar-refractivity contribution in [2.45, 2.75) is 41.6 Å². The highest BCUT2D eigenvalue weighted by Crippen LogP contribution is 2.74. The first kappa shape index (κ1) is 27.7. The minimum absolute atomic E-state index is 8.16. The molecule has 1 atom stereocenters. The summed E-state index contributed by atoms with van der Waals surface area (Å²) < 4.78 is 239. The van der Waals surface area contributed by atoms with Gasteiger partial charge < -0.3 is 0 Å². The van der Waals surface area contributed by atoms with E-state index in [0.717, 1.165) is 0 Å². The van der Waals surface area contributed by atoms with Crippen LogP contribution >= 0.6 is 0 Å². The Morgan fingerprint density at radius 3 is 0.793 bits per heavy atom. The second-order valence-corrected chi connectivity index (χ2v) is 6.53. The van der Waals surface area contributed by atoms with Crippen LogP contribution in [0.4, 0.5) is 74.6 Å². The van der Waals surface area contributed by atoms with E-state index in [1.54, 1.807) is 0 Å². The number of rotatable bonds is 3.